The monoisotopic (exact) mass is 739 g/mol. The number of nitrogens with zero attached hydrogens (tertiary/aromatic N) is 3. The molecule has 1 aromatic heterocycles. The SMILES string of the molecule is CC(C)=O.CC(C)=S.CNC(=O)NC.CNC(=S)NC.Cc1ccc(C)cc1.Cc1cccc(C)c1.Cc1ccccc1C.Cc1cn(C)nn1. The first-order chi connectivity index (χ1) is 23.7. The molecule has 9 nitrogen and oxygen atoms in total. The first-order valence-electron chi connectivity index (χ1n) is 16.4. The quantitative estimate of drug-likeness (QED) is 0.133. The van der Waals surface area contributed by atoms with Gasteiger partial charge in [0.2, 0.25) is 0 Å². The number of benzene rings is 3. The van der Waals surface area contributed by atoms with Crippen molar-refractivity contribution in [2.75, 3.05) is 28.2 Å². The molecule has 1 heterocycles. The van der Waals surface area contributed by atoms with Gasteiger partial charge in [-0.3, -0.25) is 4.68 Å². The van der Waals surface area contributed by atoms with Crippen molar-refractivity contribution in [1.29, 1.82) is 0 Å². The Morgan fingerprint density at radius 3 is 1.08 bits per heavy atom. The van der Waals surface area contributed by atoms with Crippen molar-refractivity contribution in [2.45, 2.75) is 76.2 Å². The van der Waals surface area contributed by atoms with E-state index in [1.54, 1.807) is 32.9 Å². The Kier molecular flexibility index (Phi) is 37.0. The van der Waals surface area contributed by atoms with Gasteiger partial charge in [0.05, 0.1) is 5.69 Å². The van der Waals surface area contributed by atoms with Gasteiger partial charge < -0.3 is 26.1 Å². The van der Waals surface area contributed by atoms with Crippen molar-refractivity contribution < 1.29 is 9.59 Å². The van der Waals surface area contributed by atoms with Crippen molar-refractivity contribution in [3.05, 3.63) is 118 Å². The molecule has 0 saturated carbocycles. The number of nitrogens with one attached hydrogen (secondary N) is 4. The highest BCUT2D eigenvalue weighted by Gasteiger charge is 1.85. The topological polar surface area (TPSA) is 113 Å². The third-order valence-electron chi connectivity index (χ3n) is 5.44. The van der Waals surface area contributed by atoms with Gasteiger partial charge >= 0.3 is 6.03 Å². The van der Waals surface area contributed by atoms with Crippen LogP contribution in [0.25, 0.3) is 0 Å². The Labute approximate surface area is 320 Å². The number of aryl methyl sites for hydroxylation is 8. The molecule has 0 fully saturated rings. The molecule has 0 atom stereocenters. The van der Waals surface area contributed by atoms with Crippen LogP contribution < -0.4 is 21.3 Å². The van der Waals surface area contributed by atoms with E-state index in [0.717, 1.165) is 10.6 Å². The van der Waals surface area contributed by atoms with Gasteiger partial charge in [0, 0.05) is 41.4 Å². The largest absolute Gasteiger partial charge is 0.366 e. The van der Waals surface area contributed by atoms with Crippen LogP contribution in [0.15, 0.2) is 79.0 Å². The molecule has 0 bridgehead atoms. The zero-order valence-corrected chi connectivity index (χ0v) is 35.6. The first-order valence-corrected chi connectivity index (χ1v) is 17.2. The summed E-state index contributed by atoms with van der Waals surface area (Å²) < 4.78 is 1.68. The molecule has 0 unspecified atom stereocenters. The van der Waals surface area contributed by atoms with Gasteiger partial charge in [-0.1, -0.05) is 112 Å². The minimum Gasteiger partial charge on any atom is -0.366 e. The summed E-state index contributed by atoms with van der Waals surface area (Å²) in [6.45, 7) is 21.4. The second-order valence-corrected chi connectivity index (χ2v) is 12.6. The molecule has 284 valence electrons. The van der Waals surface area contributed by atoms with E-state index in [9.17, 15) is 9.59 Å². The third kappa shape index (κ3) is 45.5. The smallest absolute Gasteiger partial charge is 0.314 e. The number of hydrogen-bond acceptors (Lipinski definition) is 6. The molecule has 0 radical (unpaired) electrons. The molecule has 0 saturated heterocycles. The van der Waals surface area contributed by atoms with Crippen LogP contribution in [-0.4, -0.2) is 65.0 Å². The summed E-state index contributed by atoms with van der Waals surface area (Å²) in [5.41, 5.74) is 9.03. The van der Waals surface area contributed by atoms with Gasteiger partial charge in [-0.15, -0.1) is 5.10 Å². The van der Waals surface area contributed by atoms with Gasteiger partial charge in [0.25, 0.3) is 0 Å². The van der Waals surface area contributed by atoms with Gasteiger partial charge in [0.15, 0.2) is 5.11 Å². The van der Waals surface area contributed by atoms with Crippen LogP contribution in [0.5, 0.6) is 0 Å². The van der Waals surface area contributed by atoms with Crippen LogP contribution in [-0.2, 0) is 11.8 Å². The minimum absolute atomic E-state index is 0.157. The second-order valence-electron chi connectivity index (χ2n) is 11.4. The summed E-state index contributed by atoms with van der Waals surface area (Å²) >= 11 is 9.17. The number of rotatable bonds is 0. The van der Waals surface area contributed by atoms with E-state index in [1.165, 1.54) is 47.2 Å². The number of urea groups is 1. The molecular weight excluding hydrogens is 675 g/mol. The van der Waals surface area contributed by atoms with Crippen molar-refractivity contribution in [3.63, 3.8) is 0 Å². The summed E-state index contributed by atoms with van der Waals surface area (Å²) in [7, 11) is 8.54. The van der Waals surface area contributed by atoms with Gasteiger partial charge in [-0.25, -0.2) is 4.79 Å². The lowest BCUT2D eigenvalue weighted by Gasteiger charge is -1.95. The average molecular weight is 740 g/mol. The Balaban J connectivity index is -0.000000251. The number of ketones is 1. The normalized spacial score (nSPS) is 8.31. The van der Waals surface area contributed by atoms with Crippen molar-refractivity contribution in [2.24, 2.45) is 7.05 Å². The Morgan fingerprint density at radius 1 is 0.588 bits per heavy atom. The highest BCUT2D eigenvalue weighted by atomic mass is 32.1. The van der Waals surface area contributed by atoms with Gasteiger partial charge in [-0.2, -0.15) is 0 Å². The molecule has 3 aromatic carbocycles. The van der Waals surface area contributed by atoms with E-state index in [2.05, 4.69) is 170 Å². The van der Waals surface area contributed by atoms with E-state index in [4.69, 9.17) is 0 Å². The Bertz CT molecular complexity index is 1360. The van der Waals surface area contributed by atoms with Crippen LogP contribution in [0.3, 0.4) is 0 Å². The second kappa shape index (κ2) is 35.3. The number of aromatic nitrogens is 3. The van der Waals surface area contributed by atoms with Crippen molar-refractivity contribution >= 4 is 46.2 Å². The average Bonchev–Trinajstić information content (AvgIpc) is 3.45. The molecule has 2 amide bonds. The van der Waals surface area contributed by atoms with Crippen LogP contribution in [0.4, 0.5) is 4.79 Å². The van der Waals surface area contributed by atoms with E-state index in [-0.39, 0.29) is 11.8 Å². The first kappa shape index (κ1) is 53.3. The predicted molar refractivity (Wildman–Crippen MR) is 228 cm³/mol. The standard InChI is InChI=1S/3C8H10.C4H7N3.C3H8N2O.C3H8N2S.C3H6O.C3H6S/c1-7-3-5-8(2)6-4-7;1-7-4-3-5-8(2)6-7;1-7-5-3-4-6-8(7)2;1-4-3-7(2)6-5-4;2*1-4-3(6)5-2;2*1-3(2)4/h3*3-6H,1-2H3;3H,1-2H3;2*1-2H3,(H2,4,5,6);2*1-2H3. The van der Waals surface area contributed by atoms with Crippen LogP contribution in [0, 0.1) is 48.5 Å². The Hall–Kier alpha value is -4.48. The van der Waals surface area contributed by atoms with Crippen molar-refractivity contribution in [3.8, 4) is 0 Å². The molecule has 0 spiro atoms. The van der Waals surface area contributed by atoms with E-state index >= 15 is 0 Å². The summed E-state index contributed by atoms with van der Waals surface area (Å²) in [6, 6.07) is 25.1. The lowest BCUT2D eigenvalue weighted by Crippen LogP contribution is -2.28. The minimum atomic E-state index is -0.157. The maximum Gasteiger partial charge on any atom is 0.314 e. The molecule has 4 N–H and O–H groups in total. The van der Waals surface area contributed by atoms with E-state index in [1.807, 2.05) is 34.0 Å². The third-order valence-corrected chi connectivity index (χ3v) is 5.85. The summed E-state index contributed by atoms with van der Waals surface area (Å²) in [5.74, 6) is 0.167. The number of amides is 2. The van der Waals surface area contributed by atoms with Gasteiger partial charge in [-0.05, 0) is 104 Å². The number of Topliss-reactive ketones (excluding diaryl/α,β-unsaturated/α-hetero) is 1. The molecule has 0 aliphatic carbocycles. The highest BCUT2D eigenvalue weighted by Crippen LogP contribution is 2.03. The number of hydrogen-bond donors (Lipinski definition) is 4. The number of thiocarbonyl (C=S) groups is 2. The molecular formula is C40H65N7O2S2. The molecule has 51 heavy (non-hydrogen) atoms. The lowest BCUT2D eigenvalue weighted by molar-refractivity contribution is -0.115. The summed E-state index contributed by atoms with van der Waals surface area (Å²) in [4.78, 5) is 20.4. The fourth-order valence-corrected chi connectivity index (χ4v) is 2.82. The number of carbonyl (C=O) groups excluding carboxylic acids is 2. The van der Waals surface area contributed by atoms with Crippen molar-refractivity contribution in [1.82, 2.24) is 36.3 Å². The Morgan fingerprint density at radius 2 is 0.941 bits per heavy atom. The molecule has 0 aliphatic heterocycles. The van der Waals surface area contributed by atoms with Crippen LogP contribution in [0.1, 0.15) is 66.8 Å². The molecule has 0 aliphatic rings. The zero-order chi connectivity index (χ0) is 40.4. The molecule has 4 aromatic rings. The van der Waals surface area contributed by atoms with Crippen LogP contribution in [0.2, 0.25) is 0 Å². The fourth-order valence-electron chi connectivity index (χ4n) is 2.82. The zero-order valence-electron chi connectivity index (χ0n) is 34.0. The predicted octanol–water partition coefficient (Wildman–Crippen LogP) is 8.28. The lowest BCUT2D eigenvalue weighted by atomic mass is 10.1. The summed E-state index contributed by atoms with van der Waals surface area (Å²) in [6.07, 6.45) is 1.86. The highest BCUT2D eigenvalue weighted by molar-refractivity contribution is 7.80. The number of carbonyl (C=O) groups is 2. The summed E-state index contributed by atoms with van der Waals surface area (Å²) in [5, 5.41) is 18.3. The van der Waals surface area contributed by atoms with Gasteiger partial charge in [0.1, 0.15) is 5.78 Å². The van der Waals surface area contributed by atoms with Crippen LogP contribution >= 0.6 is 24.4 Å². The maximum atomic E-state index is 9.96. The molecule has 4 rings (SSSR count). The maximum absolute atomic E-state index is 9.96. The van der Waals surface area contributed by atoms with E-state index in [0.29, 0.717) is 5.11 Å². The molecule has 11 heteroatoms. The fraction of sp³-hybridized carbons (Fsp3) is 0.400. The van der Waals surface area contributed by atoms with E-state index < -0.39 is 0 Å².